The van der Waals surface area contributed by atoms with Gasteiger partial charge in [-0.05, 0) is 45.7 Å². The van der Waals surface area contributed by atoms with Gasteiger partial charge in [-0.2, -0.15) is 8.42 Å². The van der Waals surface area contributed by atoms with Crippen LogP contribution < -0.4 is 0 Å². The quantitative estimate of drug-likeness (QED) is 0.440. The molecule has 0 aliphatic carbocycles. The van der Waals surface area contributed by atoms with Crippen molar-refractivity contribution in [2.24, 2.45) is 0 Å². The molecule has 0 radical (unpaired) electrons. The van der Waals surface area contributed by atoms with E-state index >= 15 is 0 Å². The molecule has 4 nitrogen and oxygen atoms in total. The zero-order valence-corrected chi connectivity index (χ0v) is 13.5. The first-order chi connectivity index (χ1) is 9.83. The standard InChI is InChI=1S/C16H22O4S/c1-13(2)8-7-11-16(3)15(20-16)12-19-21(17,18)14-9-5-4-6-10-14/h4-6,8-10,15H,7,11-12H2,1-3H3/t15-,16-/m0/s1. The monoisotopic (exact) mass is 310 g/mol. The lowest BCUT2D eigenvalue weighted by Crippen LogP contribution is -2.17. The Morgan fingerprint density at radius 3 is 2.62 bits per heavy atom. The molecule has 21 heavy (non-hydrogen) atoms. The Kier molecular flexibility index (Phi) is 4.86. The highest BCUT2D eigenvalue weighted by Crippen LogP contribution is 2.41. The van der Waals surface area contributed by atoms with E-state index in [-0.39, 0.29) is 23.2 Å². The van der Waals surface area contributed by atoms with Crippen LogP contribution in [0.25, 0.3) is 0 Å². The number of hydrogen-bond donors (Lipinski definition) is 0. The SMILES string of the molecule is CC(C)=CCC[C@]1(C)O[C@H]1COS(=O)(=O)c1ccccc1. The van der Waals surface area contributed by atoms with Crippen LogP contribution in [0.3, 0.4) is 0 Å². The molecule has 5 heteroatoms. The average molecular weight is 310 g/mol. The normalized spacial score (nSPS) is 24.6. The summed E-state index contributed by atoms with van der Waals surface area (Å²) in [7, 11) is -3.69. The number of benzene rings is 1. The third kappa shape index (κ3) is 4.40. The highest BCUT2D eigenvalue weighted by Gasteiger charge is 2.52. The predicted molar refractivity (Wildman–Crippen MR) is 81.5 cm³/mol. The Morgan fingerprint density at radius 1 is 1.33 bits per heavy atom. The van der Waals surface area contributed by atoms with E-state index in [1.54, 1.807) is 18.2 Å². The van der Waals surface area contributed by atoms with Gasteiger partial charge in [0.05, 0.1) is 17.1 Å². The number of epoxide rings is 1. The molecule has 116 valence electrons. The number of rotatable bonds is 7. The summed E-state index contributed by atoms with van der Waals surface area (Å²) in [6.07, 6.45) is 3.81. The summed E-state index contributed by atoms with van der Waals surface area (Å²) in [6, 6.07) is 8.17. The molecule has 0 saturated carbocycles. The summed E-state index contributed by atoms with van der Waals surface area (Å²) in [5, 5.41) is 0. The van der Waals surface area contributed by atoms with Crippen LogP contribution in [0.1, 0.15) is 33.6 Å². The van der Waals surface area contributed by atoms with Gasteiger partial charge in [-0.15, -0.1) is 0 Å². The molecule has 1 aromatic carbocycles. The zero-order valence-electron chi connectivity index (χ0n) is 12.7. The van der Waals surface area contributed by atoms with Crippen LogP contribution in [0.2, 0.25) is 0 Å². The molecular formula is C16H22O4S. The van der Waals surface area contributed by atoms with Gasteiger partial charge in [0.15, 0.2) is 0 Å². The summed E-state index contributed by atoms with van der Waals surface area (Å²) < 4.78 is 34.7. The predicted octanol–water partition coefficient (Wildman–Crippen LogP) is 3.30. The lowest BCUT2D eigenvalue weighted by molar-refractivity contribution is 0.252. The first-order valence-electron chi connectivity index (χ1n) is 7.09. The Balaban J connectivity index is 1.84. The fourth-order valence-corrected chi connectivity index (χ4v) is 3.10. The molecule has 1 aliphatic rings. The molecule has 0 unspecified atom stereocenters. The van der Waals surface area contributed by atoms with Crippen LogP contribution in [-0.4, -0.2) is 26.7 Å². The van der Waals surface area contributed by atoms with Gasteiger partial charge in [-0.25, -0.2) is 0 Å². The molecule has 0 spiro atoms. The summed E-state index contributed by atoms with van der Waals surface area (Å²) in [4.78, 5) is 0.178. The highest BCUT2D eigenvalue weighted by atomic mass is 32.2. The molecule has 2 rings (SSSR count). The fourth-order valence-electron chi connectivity index (χ4n) is 2.18. The molecule has 0 aromatic heterocycles. The van der Waals surface area contributed by atoms with Crippen molar-refractivity contribution in [3.8, 4) is 0 Å². The van der Waals surface area contributed by atoms with E-state index < -0.39 is 10.1 Å². The second kappa shape index (κ2) is 6.30. The maximum absolute atomic E-state index is 12.0. The first-order valence-corrected chi connectivity index (χ1v) is 8.50. The topological polar surface area (TPSA) is 55.9 Å². The molecule has 1 fully saturated rings. The minimum Gasteiger partial charge on any atom is -0.364 e. The van der Waals surface area contributed by atoms with Crippen LogP contribution in [0, 0.1) is 0 Å². The summed E-state index contributed by atoms with van der Waals surface area (Å²) in [5.74, 6) is 0. The van der Waals surface area contributed by atoms with Crippen molar-refractivity contribution in [2.45, 2.75) is 50.2 Å². The highest BCUT2D eigenvalue weighted by molar-refractivity contribution is 7.86. The molecule has 1 aliphatic heterocycles. The van der Waals surface area contributed by atoms with Crippen molar-refractivity contribution in [3.05, 3.63) is 42.0 Å². The number of ether oxygens (including phenoxy) is 1. The molecule has 0 amide bonds. The molecular weight excluding hydrogens is 288 g/mol. The molecule has 1 heterocycles. The van der Waals surface area contributed by atoms with Crippen LogP contribution in [0.4, 0.5) is 0 Å². The minimum atomic E-state index is -3.69. The lowest BCUT2D eigenvalue weighted by atomic mass is 10.0. The van der Waals surface area contributed by atoms with Gasteiger partial charge >= 0.3 is 0 Å². The maximum atomic E-state index is 12.0. The van der Waals surface area contributed by atoms with E-state index in [9.17, 15) is 8.42 Å². The number of allylic oxidation sites excluding steroid dienone is 2. The summed E-state index contributed by atoms with van der Waals surface area (Å²) in [6.45, 7) is 6.18. The van der Waals surface area contributed by atoms with Crippen LogP contribution in [0.5, 0.6) is 0 Å². The van der Waals surface area contributed by atoms with Crippen molar-refractivity contribution >= 4 is 10.1 Å². The lowest BCUT2D eigenvalue weighted by Gasteiger charge is -2.06. The van der Waals surface area contributed by atoms with Gasteiger partial charge in [0.1, 0.15) is 6.10 Å². The molecule has 0 N–H and O–H groups in total. The van der Waals surface area contributed by atoms with Crippen molar-refractivity contribution in [2.75, 3.05) is 6.61 Å². The van der Waals surface area contributed by atoms with Crippen LogP contribution in [0.15, 0.2) is 46.9 Å². The Bertz CT molecular complexity index is 602. The Labute approximate surface area is 126 Å². The summed E-state index contributed by atoms with van der Waals surface area (Å²) in [5.41, 5.74) is 1.01. The summed E-state index contributed by atoms with van der Waals surface area (Å²) >= 11 is 0. The second-order valence-electron chi connectivity index (χ2n) is 5.79. The van der Waals surface area contributed by atoms with E-state index in [1.807, 2.05) is 6.92 Å². The van der Waals surface area contributed by atoms with E-state index in [2.05, 4.69) is 19.9 Å². The van der Waals surface area contributed by atoms with Crippen molar-refractivity contribution in [1.82, 2.24) is 0 Å². The van der Waals surface area contributed by atoms with E-state index in [1.165, 1.54) is 17.7 Å². The number of hydrogen-bond acceptors (Lipinski definition) is 4. The third-order valence-corrected chi connectivity index (χ3v) is 4.93. The maximum Gasteiger partial charge on any atom is 0.297 e. The Morgan fingerprint density at radius 2 is 2.00 bits per heavy atom. The van der Waals surface area contributed by atoms with Gasteiger partial charge < -0.3 is 4.74 Å². The van der Waals surface area contributed by atoms with Crippen molar-refractivity contribution in [1.29, 1.82) is 0 Å². The fraction of sp³-hybridized carbons (Fsp3) is 0.500. The van der Waals surface area contributed by atoms with Gasteiger partial charge in [-0.1, -0.05) is 29.8 Å². The van der Waals surface area contributed by atoms with Gasteiger partial charge in [0.2, 0.25) is 0 Å². The third-order valence-electron chi connectivity index (χ3n) is 3.64. The zero-order chi connectivity index (χ0) is 15.5. The minimum absolute atomic E-state index is 0.0720. The van der Waals surface area contributed by atoms with E-state index in [4.69, 9.17) is 8.92 Å². The van der Waals surface area contributed by atoms with Gasteiger partial charge in [0, 0.05) is 0 Å². The van der Waals surface area contributed by atoms with Gasteiger partial charge in [-0.3, -0.25) is 4.18 Å². The van der Waals surface area contributed by atoms with Crippen LogP contribution in [-0.2, 0) is 19.0 Å². The van der Waals surface area contributed by atoms with E-state index in [0.29, 0.717) is 0 Å². The van der Waals surface area contributed by atoms with E-state index in [0.717, 1.165) is 12.8 Å². The van der Waals surface area contributed by atoms with Crippen molar-refractivity contribution in [3.63, 3.8) is 0 Å². The largest absolute Gasteiger partial charge is 0.364 e. The molecule has 1 aromatic rings. The molecule has 2 atom stereocenters. The second-order valence-corrected chi connectivity index (χ2v) is 7.41. The Hall–Kier alpha value is -1.17. The molecule has 1 saturated heterocycles. The smallest absolute Gasteiger partial charge is 0.297 e. The average Bonchev–Trinajstić information content (AvgIpc) is 3.08. The first kappa shape index (κ1) is 16.2. The van der Waals surface area contributed by atoms with Crippen molar-refractivity contribution < 1.29 is 17.3 Å². The van der Waals surface area contributed by atoms with Gasteiger partial charge in [0.25, 0.3) is 10.1 Å². The van der Waals surface area contributed by atoms with Crippen LogP contribution >= 0.6 is 0 Å². The molecule has 0 bridgehead atoms.